The number of hydrogen-bond donors (Lipinski definition) is 2. The first-order valence-corrected chi connectivity index (χ1v) is 7.36. The summed E-state index contributed by atoms with van der Waals surface area (Å²) in [6, 6.07) is 10.4. The van der Waals surface area contributed by atoms with E-state index in [0.29, 0.717) is 27.2 Å². The lowest BCUT2D eigenvalue weighted by molar-refractivity contribution is 0.0950. The lowest BCUT2D eigenvalue weighted by Gasteiger charge is -2.07. The highest BCUT2D eigenvalue weighted by Gasteiger charge is 2.14. The summed E-state index contributed by atoms with van der Waals surface area (Å²) in [6.45, 7) is 0.606. The number of phenols is 1. The van der Waals surface area contributed by atoms with Crippen LogP contribution in [0.1, 0.15) is 15.9 Å². The monoisotopic (exact) mass is 397 g/mol. The van der Waals surface area contributed by atoms with Crippen LogP contribution >= 0.6 is 22.6 Å². The average Bonchev–Trinajstić information content (AvgIpc) is 2.95. The van der Waals surface area contributed by atoms with E-state index >= 15 is 0 Å². The van der Waals surface area contributed by atoms with Gasteiger partial charge in [-0.1, -0.05) is 6.07 Å². The van der Waals surface area contributed by atoms with Crippen LogP contribution in [-0.4, -0.2) is 17.8 Å². The first-order chi connectivity index (χ1) is 10.1. The molecule has 0 aliphatic carbocycles. The van der Waals surface area contributed by atoms with Gasteiger partial charge in [0.2, 0.25) is 6.79 Å². The van der Waals surface area contributed by atoms with Crippen LogP contribution in [0.15, 0.2) is 36.4 Å². The van der Waals surface area contributed by atoms with Gasteiger partial charge in [0, 0.05) is 12.1 Å². The summed E-state index contributed by atoms with van der Waals surface area (Å²) in [5.41, 5.74) is 1.34. The van der Waals surface area contributed by atoms with Crippen LogP contribution in [0.5, 0.6) is 17.2 Å². The maximum absolute atomic E-state index is 12.0. The van der Waals surface area contributed by atoms with Gasteiger partial charge in [0.05, 0.1) is 3.57 Å². The molecule has 0 bridgehead atoms. The van der Waals surface area contributed by atoms with Gasteiger partial charge in [0.1, 0.15) is 5.75 Å². The predicted molar refractivity (Wildman–Crippen MR) is 84.6 cm³/mol. The van der Waals surface area contributed by atoms with Crippen molar-refractivity contribution in [1.82, 2.24) is 5.32 Å². The van der Waals surface area contributed by atoms with Gasteiger partial charge in [0.15, 0.2) is 11.5 Å². The Kier molecular flexibility index (Phi) is 3.87. The molecule has 2 aromatic carbocycles. The molecular weight excluding hydrogens is 385 g/mol. The molecule has 0 unspecified atom stereocenters. The summed E-state index contributed by atoms with van der Waals surface area (Å²) in [4.78, 5) is 12.0. The molecule has 0 aromatic heterocycles. The van der Waals surface area contributed by atoms with E-state index in [0.717, 1.165) is 5.56 Å². The van der Waals surface area contributed by atoms with Crippen LogP contribution in [0, 0.1) is 3.57 Å². The molecule has 0 atom stereocenters. The molecule has 0 saturated heterocycles. The number of amides is 1. The summed E-state index contributed by atoms with van der Waals surface area (Å²) in [7, 11) is 0. The zero-order chi connectivity index (χ0) is 14.8. The minimum atomic E-state index is -0.237. The molecule has 108 valence electrons. The highest BCUT2D eigenvalue weighted by molar-refractivity contribution is 14.1. The number of nitrogens with one attached hydrogen (secondary N) is 1. The molecule has 2 aromatic rings. The fourth-order valence-corrected chi connectivity index (χ4v) is 2.32. The maximum atomic E-state index is 12.0. The third kappa shape index (κ3) is 3.05. The van der Waals surface area contributed by atoms with Crippen LogP contribution in [-0.2, 0) is 6.54 Å². The summed E-state index contributed by atoms with van der Waals surface area (Å²) in [6.07, 6.45) is 0. The Morgan fingerprint density at radius 2 is 2.00 bits per heavy atom. The van der Waals surface area contributed by atoms with Gasteiger partial charge in [-0.15, -0.1) is 0 Å². The third-order valence-electron chi connectivity index (χ3n) is 3.10. The normalized spacial score (nSPS) is 12.2. The van der Waals surface area contributed by atoms with E-state index in [-0.39, 0.29) is 18.4 Å². The Hall–Kier alpha value is -1.96. The number of hydrogen-bond acceptors (Lipinski definition) is 4. The summed E-state index contributed by atoms with van der Waals surface area (Å²) < 4.78 is 11.2. The second-order valence-corrected chi connectivity index (χ2v) is 5.70. The molecule has 1 amide bonds. The number of rotatable bonds is 3. The van der Waals surface area contributed by atoms with E-state index in [1.165, 1.54) is 6.07 Å². The number of phenolic OH excluding ortho intramolecular Hbond substituents is 1. The van der Waals surface area contributed by atoms with Gasteiger partial charge < -0.3 is 19.9 Å². The van der Waals surface area contributed by atoms with Crippen LogP contribution < -0.4 is 14.8 Å². The van der Waals surface area contributed by atoms with E-state index < -0.39 is 0 Å². The Morgan fingerprint density at radius 3 is 2.81 bits per heavy atom. The van der Waals surface area contributed by atoms with Gasteiger partial charge >= 0.3 is 0 Å². The molecule has 3 rings (SSSR count). The molecule has 6 heteroatoms. The molecule has 1 aliphatic heterocycles. The first kappa shape index (κ1) is 14.0. The molecule has 0 radical (unpaired) electrons. The SMILES string of the molecule is O=C(NCc1ccc2c(c1)OCO2)c1ccc(I)c(O)c1. The second kappa shape index (κ2) is 5.80. The van der Waals surface area contributed by atoms with Crippen molar-refractivity contribution in [3.63, 3.8) is 0 Å². The first-order valence-electron chi connectivity index (χ1n) is 6.29. The molecule has 0 fully saturated rings. The van der Waals surface area contributed by atoms with Crippen LogP contribution in [0.2, 0.25) is 0 Å². The fraction of sp³-hybridized carbons (Fsp3) is 0.133. The second-order valence-electron chi connectivity index (χ2n) is 4.54. The largest absolute Gasteiger partial charge is 0.507 e. The third-order valence-corrected chi connectivity index (χ3v) is 4.01. The minimum absolute atomic E-state index is 0.103. The van der Waals surface area contributed by atoms with Crippen molar-refractivity contribution in [2.75, 3.05) is 6.79 Å². The fourth-order valence-electron chi connectivity index (χ4n) is 1.99. The van der Waals surface area contributed by atoms with Crippen molar-refractivity contribution in [2.24, 2.45) is 0 Å². The van der Waals surface area contributed by atoms with Crippen molar-refractivity contribution in [3.8, 4) is 17.2 Å². The summed E-state index contributed by atoms with van der Waals surface area (Å²) in [5.74, 6) is 1.27. The average molecular weight is 397 g/mol. The van der Waals surface area contributed by atoms with Gasteiger partial charge in [-0.05, 0) is 58.5 Å². The van der Waals surface area contributed by atoms with E-state index in [2.05, 4.69) is 5.32 Å². The number of halogens is 1. The Bertz CT molecular complexity index is 702. The quantitative estimate of drug-likeness (QED) is 0.782. The van der Waals surface area contributed by atoms with Gasteiger partial charge in [-0.25, -0.2) is 0 Å². The number of carbonyl (C=O) groups is 1. The van der Waals surface area contributed by atoms with Crippen molar-refractivity contribution in [2.45, 2.75) is 6.54 Å². The number of ether oxygens (including phenoxy) is 2. The van der Waals surface area contributed by atoms with Crippen molar-refractivity contribution >= 4 is 28.5 Å². The Balaban J connectivity index is 1.67. The molecule has 2 N–H and O–H groups in total. The number of fused-ring (bicyclic) bond motifs is 1. The number of benzene rings is 2. The molecule has 21 heavy (non-hydrogen) atoms. The smallest absolute Gasteiger partial charge is 0.251 e. The molecular formula is C15H12INO4. The zero-order valence-corrected chi connectivity index (χ0v) is 13.1. The lowest BCUT2D eigenvalue weighted by atomic mass is 10.1. The van der Waals surface area contributed by atoms with Crippen molar-refractivity contribution in [3.05, 3.63) is 51.1 Å². The topological polar surface area (TPSA) is 67.8 Å². The predicted octanol–water partition coefficient (Wildman–Crippen LogP) is 2.66. The number of carbonyl (C=O) groups excluding carboxylic acids is 1. The van der Waals surface area contributed by atoms with Gasteiger partial charge in [-0.2, -0.15) is 0 Å². The molecule has 1 heterocycles. The summed E-state index contributed by atoms with van der Waals surface area (Å²) in [5, 5.41) is 12.4. The molecule has 1 aliphatic rings. The number of aromatic hydroxyl groups is 1. The Morgan fingerprint density at radius 1 is 1.19 bits per heavy atom. The standard InChI is InChI=1S/C15H12INO4/c16-11-3-2-10(6-12(11)18)15(19)17-7-9-1-4-13-14(5-9)21-8-20-13/h1-6,18H,7-8H2,(H,17,19). The highest BCUT2D eigenvalue weighted by atomic mass is 127. The van der Waals surface area contributed by atoms with E-state index in [4.69, 9.17) is 9.47 Å². The molecule has 0 saturated carbocycles. The van der Waals surface area contributed by atoms with Crippen molar-refractivity contribution in [1.29, 1.82) is 0 Å². The minimum Gasteiger partial charge on any atom is -0.507 e. The van der Waals surface area contributed by atoms with E-state index in [9.17, 15) is 9.90 Å². The van der Waals surface area contributed by atoms with Crippen LogP contribution in [0.3, 0.4) is 0 Å². The van der Waals surface area contributed by atoms with E-state index in [1.807, 2.05) is 40.8 Å². The zero-order valence-electron chi connectivity index (χ0n) is 10.9. The van der Waals surface area contributed by atoms with Crippen molar-refractivity contribution < 1.29 is 19.4 Å². The maximum Gasteiger partial charge on any atom is 0.251 e. The van der Waals surface area contributed by atoms with Crippen LogP contribution in [0.4, 0.5) is 0 Å². The molecule has 0 spiro atoms. The van der Waals surface area contributed by atoms with E-state index in [1.54, 1.807) is 12.1 Å². The van der Waals surface area contributed by atoms with Crippen LogP contribution in [0.25, 0.3) is 0 Å². The molecule has 5 nitrogen and oxygen atoms in total. The summed E-state index contributed by atoms with van der Waals surface area (Å²) >= 11 is 2.00. The lowest BCUT2D eigenvalue weighted by Crippen LogP contribution is -2.22. The highest BCUT2D eigenvalue weighted by Crippen LogP contribution is 2.32. The van der Waals surface area contributed by atoms with Gasteiger partial charge in [0.25, 0.3) is 5.91 Å². The Labute approximate surface area is 135 Å². The van der Waals surface area contributed by atoms with Gasteiger partial charge in [-0.3, -0.25) is 4.79 Å².